The molecule has 3 N–H and O–H groups in total. The molecular weight excluding hydrogens is 372 g/mol. The first-order valence-electron chi connectivity index (χ1n) is 9.72. The number of nitrogens with two attached hydrogens (primary N) is 1. The second-order valence-electron chi connectivity index (χ2n) is 7.48. The van der Waals surface area contributed by atoms with Gasteiger partial charge in [-0.2, -0.15) is 0 Å². The first-order valence-corrected chi connectivity index (χ1v) is 9.72. The van der Waals surface area contributed by atoms with Gasteiger partial charge in [-0.25, -0.2) is 4.79 Å². The standard InChI is InChI=1S/C21H22N4O4/c22-18(26)12-24-11-13(15-8-4-5-9-17(15)24)10-16-19(27)23-21(29)25(20(16)28)14-6-2-1-3-7-14/h4-5,8-11,14H,1-3,6-7,12H2,(H2,22,26)(H,23,27,29). The number of para-hydroxylation sites is 1. The van der Waals surface area contributed by atoms with Crippen LogP contribution in [-0.2, 0) is 20.9 Å². The zero-order valence-corrected chi connectivity index (χ0v) is 15.9. The Labute approximate surface area is 167 Å². The van der Waals surface area contributed by atoms with E-state index in [9.17, 15) is 19.2 Å². The minimum Gasteiger partial charge on any atom is -0.368 e. The fourth-order valence-corrected chi connectivity index (χ4v) is 4.19. The minimum atomic E-state index is -0.709. The maximum absolute atomic E-state index is 13.1. The molecule has 8 nitrogen and oxygen atoms in total. The van der Waals surface area contributed by atoms with Crippen molar-refractivity contribution in [2.45, 2.75) is 44.7 Å². The lowest BCUT2D eigenvalue weighted by molar-refractivity contribution is -0.132. The van der Waals surface area contributed by atoms with Gasteiger partial charge in [0.05, 0.1) is 0 Å². The van der Waals surface area contributed by atoms with Crippen molar-refractivity contribution in [2.75, 3.05) is 0 Å². The van der Waals surface area contributed by atoms with Gasteiger partial charge in [-0.3, -0.25) is 24.6 Å². The van der Waals surface area contributed by atoms with Gasteiger partial charge in [0.15, 0.2) is 0 Å². The molecule has 150 valence electrons. The number of rotatable bonds is 4. The largest absolute Gasteiger partial charge is 0.368 e. The number of hydrogen-bond acceptors (Lipinski definition) is 4. The molecule has 0 unspecified atom stereocenters. The Morgan fingerprint density at radius 3 is 2.59 bits per heavy atom. The molecule has 2 aliphatic rings. The Kier molecular flexibility index (Phi) is 4.92. The van der Waals surface area contributed by atoms with Gasteiger partial charge in [0.25, 0.3) is 11.8 Å². The van der Waals surface area contributed by atoms with Crippen molar-refractivity contribution < 1.29 is 19.2 Å². The monoisotopic (exact) mass is 394 g/mol. The third-order valence-electron chi connectivity index (χ3n) is 5.52. The molecule has 1 saturated carbocycles. The van der Waals surface area contributed by atoms with Crippen LogP contribution in [0.5, 0.6) is 0 Å². The van der Waals surface area contributed by atoms with E-state index in [1.807, 2.05) is 24.3 Å². The van der Waals surface area contributed by atoms with Gasteiger partial charge in [-0.05, 0) is 25.0 Å². The number of nitrogens with zero attached hydrogens (tertiary/aromatic N) is 2. The molecule has 5 amide bonds. The van der Waals surface area contributed by atoms with E-state index in [0.717, 1.165) is 43.0 Å². The van der Waals surface area contributed by atoms with E-state index < -0.39 is 23.8 Å². The number of carbonyl (C=O) groups excluding carboxylic acids is 4. The fraction of sp³-hybridized carbons (Fsp3) is 0.333. The zero-order valence-electron chi connectivity index (χ0n) is 15.9. The van der Waals surface area contributed by atoms with Crippen molar-refractivity contribution in [1.29, 1.82) is 0 Å². The highest BCUT2D eigenvalue weighted by Gasteiger charge is 2.40. The van der Waals surface area contributed by atoms with Gasteiger partial charge in [0.2, 0.25) is 5.91 Å². The first kappa shape index (κ1) is 18.9. The van der Waals surface area contributed by atoms with E-state index in [1.54, 1.807) is 10.8 Å². The Morgan fingerprint density at radius 2 is 1.86 bits per heavy atom. The van der Waals surface area contributed by atoms with Crippen LogP contribution < -0.4 is 11.1 Å². The van der Waals surface area contributed by atoms with Gasteiger partial charge in [0, 0.05) is 28.7 Å². The SMILES string of the molecule is NC(=O)Cn1cc(C=C2C(=O)NC(=O)N(C3CCCCC3)C2=O)c2ccccc21. The Bertz CT molecular complexity index is 1050. The van der Waals surface area contributed by atoms with Gasteiger partial charge in [0.1, 0.15) is 12.1 Å². The molecule has 1 aliphatic heterocycles. The van der Waals surface area contributed by atoms with E-state index in [0.29, 0.717) is 5.56 Å². The summed E-state index contributed by atoms with van der Waals surface area (Å²) in [5.41, 5.74) is 6.62. The molecule has 0 bridgehead atoms. The predicted molar refractivity (Wildman–Crippen MR) is 106 cm³/mol. The predicted octanol–water partition coefficient (Wildman–Crippen LogP) is 1.92. The molecule has 8 heteroatoms. The van der Waals surface area contributed by atoms with Gasteiger partial charge in [-0.1, -0.05) is 37.5 Å². The summed E-state index contributed by atoms with van der Waals surface area (Å²) in [5, 5.41) is 3.07. The fourth-order valence-electron chi connectivity index (χ4n) is 4.19. The van der Waals surface area contributed by atoms with Crippen LogP contribution in [-0.4, -0.2) is 39.3 Å². The van der Waals surface area contributed by atoms with E-state index in [-0.39, 0.29) is 18.2 Å². The Balaban J connectivity index is 1.74. The zero-order chi connectivity index (χ0) is 20.5. The normalized spacial score (nSPS) is 19.8. The van der Waals surface area contributed by atoms with Crippen molar-refractivity contribution in [3.05, 3.63) is 41.6 Å². The number of barbiturate groups is 1. The molecule has 2 aromatic rings. The molecule has 1 aliphatic carbocycles. The quantitative estimate of drug-likeness (QED) is 0.609. The number of urea groups is 1. The number of imide groups is 2. The van der Waals surface area contributed by atoms with Crippen molar-refractivity contribution in [2.24, 2.45) is 5.73 Å². The number of fused-ring (bicyclic) bond motifs is 1. The summed E-state index contributed by atoms with van der Waals surface area (Å²) in [7, 11) is 0. The molecule has 0 spiro atoms. The van der Waals surface area contributed by atoms with Gasteiger partial charge < -0.3 is 10.3 Å². The number of hydrogen-bond donors (Lipinski definition) is 2. The second-order valence-corrected chi connectivity index (χ2v) is 7.48. The highest BCUT2D eigenvalue weighted by molar-refractivity contribution is 6.31. The molecule has 0 atom stereocenters. The van der Waals surface area contributed by atoms with Crippen LogP contribution in [0.3, 0.4) is 0 Å². The summed E-state index contributed by atoms with van der Waals surface area (Å²) >= 11 is 0. The number of primary amides is 1. The summed E-state index contributed by atoms with van der Waals surface area (Å²) in [6.07, 6.45) is 7.66. The summed E-state index contributed by atoms with van der Waals surface area (Å²) in [6.45, 7) is -0.0173. The topological polar surface area (TPSA) is 114 Å². The van der Waals surface area contributed by atoms with Crippen molar-refractivity contribution >= 4 is 40.7 Å². The third-order valence-corrected chi connectivity index (χ3v) is 5.52. The summed E-state index contributed by atoms with van der Waals surface area (Å²) in [6, 6.07) is 6.50. The molecular formula is C21H22N4O4. The Hall–Kier alpha value is -3.42. The third kappa shape index (κ3) is 3.53. The van der Waals surface area contributed by atoms with E-state index in [4.69, 9.17) is 5.73 Å². The van der Waals surface area contributed by atoms with Crippen LogP contribution in [0.15, 0.2) is 36.0 Å². The van der Waals surface area contributed by atoms with Gasteiger partial charge >= 0.3 is 6.03 Å². The van der Waals surface area contributed by atoms with Crippen molar-refractivity contribution in [3.8, 4) is 0 Å². The molecule has 1 saturated heterocycles. The minimum absolute atomic E-state index is 0.0173. The smallest absolute Gasteiger partial charge is 0.331 e. The van der Waals surface area contributed by atoms with Crippen LogP contribution >= 0.6 is 0 Å². The number of benzene rings is 1. The number of carbonyl (C=O) groups is 4. The molecule has 0 radical (unpaired) electrons. The average molecular weight is 394 g/mol. The van der Waals surface area contributed by atoms with Crippen LogP contribution in [0.4, 0.5) is 4.79 Å². The van der Waals surface area contributed by atoms with E-state index in [1.165, 1.54) is 11.0 Å². The van der Waals surface area contributed by atoms with Crippen LogP contribution in [0, 0.1) is 0 Å². The molecule has 1 aromatic heterocycles. The molecule has 2 heterocycles. The first-order chi connectivity index (χ1) is 14.0. The summed E-state index contributed by atoms with van der Waals surface area (Å²) < 4.78 is 1.68. The average Bonchev–Trinajstić information content (AvgIpc) is 3.03. The Morgan fingerprint density at radius 1 is 1.14 bits per heavy atom. The molecule has 1 aromatic carbocycles. The van der Waals surface area contributed by atoms with Crippen LogP contribution in [0.25, 0.3) is 17.0 Å². The summed E-state index contributed by atoms with van der Waals surface area (Å²) in [4.78, 5) is 50.4. The van der Waals surface area contributed by atoms with Crippen LogP contribution in [0.1, 0.15) is 37.7 Å². The lowest BCUT2D eigenvalue weighted by Gasteiger charge is -2.35. The number of aromatic nitrogens is 1. The second kappa shape index (κ2) is 7.54. The van der Waals surface area contributed by atoms with Gasteiger partial charge in [-0.15, -0.1) is 0 Å². The lowest BCUT2D eigenvalue weighted by Crippen LogP contribution is -2.58. The highest BCUT2D eigenvalue weighted by Crippen LogP contribution is 2.28. The molecule has 29 heavy (non-hydrogen) atoms. The number of nitrogens with one attached hydrogen (secondary N) is 1. The maximum atomic E-state index is 13.1. The van der Waals surface area contributed by atoms with Crippen molar-refractivity contribution in [1.82, 2.24) is 14.8 Å². The van der Waals surface area contributed by atoms with E-state index >= 15 is 0 Å². The maximum Gasteiger partial charge on any atom is 0.331 e. The van der Waals surface area contributed by atoms with E-state index in [2.05, 4.69) is 5.32 Å². The lowest BCUT2D eigenvalue weighted by atomic mass is 9.93. The molecule has 4 rings (SSSR count). The van der Waals surface area contributed by atoms with Crippen LogP contribution in [0.2, 0.25) is 0 Å². The molecule has 2 fully saturated rings. The van der Waals surface area contributed by atoms with Crippen molar-refractivity contribution in [3.63, 3.8) is 0 Å². The number of amides is 5. The summed E-state index contributed by atoms with van der Waals surface area (Å²) in [5.74, 6) is -1.78. The highest BCUT2D eigenvalue weighted by atomic mass is 16.2.